The van der Waals surface area contributed by atoms with Gasteiger partial charge in [-0.25, -0.2) is 23.5 Å². The largest absolute Gasteiger partial charge is 0.381 e. The van der Waals surface area contributed by atoms with Crippen molar-refractivity contribution in [1.82, 2.24) is 19.5 Å². The fourth-order valence-electron chi connectivity index (χ4n) is 5.40. The van der Waals surface area contributed by atoms with Gasteiger partial charge in [-0.05, 0) is 90.5 Å². The van der Waals surface area contributed by atoms with E-state index in [-0.39, 0.29) is 4.90 Å². The monoisotopic (exact) mass is 620 g/mol. The molecule has 9 nitrogen and oxygen atoms in total. The van der Waals surface area contributed by atoms with Gasteiger partial charge in [-0.15, -0.1) is 0 Å². The number of nitrogens with zero attached hydrogens (tertiary/aromatic N) is 3. The lowest BCUT2D eigenvalue weighted by atomic mass is 9.92. The second-order valence-electron chi connectivity index (χ2n) is 10.1. The third-order valence-electron chi connectivity index (χ3n) is 7.43. The highest BCUT2D eigenvalue weighted by Crippen LogP contribution is 2.35. The van der Waals surface area contributed by atoms with Crippen molar-refractivity contribution in [1.29, 1.82) is 0 Å². The van der Waals surface area contributed by atoms with Crippen molar-refractivity contribution < 1.29 is 13.2 Å². The summed E-state index contributed by atoms with van der Waals surface area (Å²) in [6.45, 7) is 5.83. The number of aromatic amines is 1. The molecule has 0 spiro atoms. The van der Waals surface area contributed by atoms with Crippen molar-refractivity contribution >= 4 is 48.5 Å². The van der Waals surface area contributed by atoms with Crippen molar-refractivity contribution in [3.8, 4) is 17.1 Å². The van der Waals surface area contributed by atoms with E-state index in [0.717, 1.165) is 48.7 Å². The van der Waals surface area contributed by atoms with Crippen LogP contribution in [0.2, 0.25) is 0 Å². The minimum Gasteiger partial charge on any atom is -0.381 e. The molecule has 3 aromatic heterocycles. The number of fused-ring (bicyclic) bond motifs is 1. The molecule has 1 saturated heterocycles. The summed E-state index contributed by atoms with van der Waals surface area (Å²) in [6, 6.07) is 17.3. The average molecular weight is 622 g/mol. The molecule has 0 radical (unpaired) electrons. The molecule has 5 aromatic rings. The maximum absolute atomic E-state index is 11.8. The van der Waals surface area contributed by atoms with Gasteiger partial charge < -0.3 is 19.6 Å². The minimum atomic E-state index is -3.83. The summed E-state index contributed by atoms with van der Waals surface area (Å²) in [5, 5.41) is 8.60. The van der Waals surface area contributed by atoms with E-state index in [1.54, 1.807) is 18.3 Å². The number of imidazole rings is 1. The Balaban J connectivity index is 1.35. The van der Waals surface area contributed by atoms with Crippen LogP contribution in [0.4, 0.5) is 11.4 Å². The van der Waals surface area contributed by atoms with Crippen LogP contribution in [0.3, 0.4) is 0 Å². The molecule has 4 heterocycles. The molecule has 206 valence electrons. The van der Waals surface area contributed by atoms with Gasteiger partial charge in [0.25, 0.3) is 0 Å². The molecule has 1 aliphatic rings. The number of H-pyrrole nitrogens is 1. The van der Waals surface area contributed by atoms with Crippen molar-refractivity contribution in [2.45, 2.75) is 37.5 Å². The number of anilines is 2. The van der Waals surface area contributed by atoms with Crippen LogP contribution in [-0.4, -0.2) is 41.2 Å². The summed E-state index contributed by atoms with van der Waals surface area (Å²) in [6.07, 6.45) is 3.81. The van der Waals surface area contributed by atoms with Crippen LogP contribution in [0.25, 0.3) is 28.2 Å². The van der Waals surface area contributed by atoms with Gasteiger partial charge >= 0.3 is 0 Å². The van der Waals surface area contributed by atoms with Crippen LogP contribution in [0, 0.1) is 13.8 Å². The Morgan fingerprint density at radius 3 is 2.58 bits per heavy atom. The highest BCUT2D eigenvalue weighted by Gasteiger charge is 2.20. The molecule has 40 heavy (non-hydrogen) atoms. The van der Waals surface area contributed by atoms with Crippen molar-refractivity contribution in [3.05, 3.63) is 82.2 Å². The minimum absolute atomic E-state index is 0.0230. The lowest BCUT2D eigenvalue weighted by Crippen LogP contribution is -2.14. The molecular formula is C29H29BrN6O3S. The van der Waals surface area contributed by atoms with Gasteiger partial charge in [0.15, 0.2) is 5.65 Å². The molecule has 0 bridgehead atoms. The first-order valence-electron chi connectivity index (χ1n) is 13.0. The standard InChI is InChI=1S/C29H29BrN6O3S/c1-17-14-24(18(2)36(17)22-8-6-19(7-9-22)20-10-12-39-13-11-20)28-34-27-26(25(30)16-32-29(27)35-28)33-21-4-3-5-23(15-21)40(31,37)38/h3-9,14-16,20H,10-13H2,1-2H3,(H2,31,37,38)(H2,32,33,34,35). The molecule has 0 amide bonds. The number of pyridine rings is 1. The number of sulfonamides is 1. The Bertz CT molecular complexity index is 1820. The van der Waals surface area contributed by atoms with Crippen LogP contribution >= 0.6 is 15.9 Å². The molecule has 0 saturated carbocycles. The number of nitrogens with two attached hydrogens (primary N) is 1. The third kappa shape index (κ3) is 5.05. The summed E-state index contributed by atoms with van der Waals surface area (Å²) in [5.74, 6) is 1.25. The topological polar surface area (TPSA) is 128 Å². The summed E-state index contributed by atoms with van der Waals surface area (Å²) >= 11 is 3.56. The van der Waals surface area contributed by atoms with Crippen LogP contribution in [0.1, 0.15) is 35.7 Å². The Kier molecular flexibility index (Phi) is 6.99. The number of rotatable bonds is 6. The van der Waals surface area contributed by atoms with Crippen LogP contribution in [-0.2, 0) is 14.8 Å². The number of ether oxygens (including phenoxy) is 1. The first-order valence-corrected chi connectivity index (χ1v) is 15.3. The Morgan fingerprint density at radius 1 is 1.10 bits per heavy atom. The van der Waals surface area contributed by atoms with E-state index in [1.807, 2.05) is 0 Å². The zero-order chi connectivity index (χ0) is 28.0. The Morgan fingerprint density at radius 2 is 1.85 bits per heavy atom. The van der Waals surface area contributed by atoms with Gasteiger partial charge in [-0.3, -0.25) is 0 Å². The van der Waals surface area contributed by atoms with Gasteiger partial charge in [0.2, 0.25) is 10.0 Å². The molecule has 6 rings (SSSR count). The van der Waals surface area contributed by atoms with Gasteiger partial charge in [0, 0.05) is 47.7 Å². The molecule has 1 aliphatic heterocycles. The zero-order valence-electron chi connectivity index (χ0n) is 22.1. The number of halogens is 1. The van der Waals surface area contributed by atoms with E-state index in [4.69, 9.17) is 14.9 Å². The van der Waals surface area contributed by atoms with E-state index in [1.165, 1.54) is 17.7 Å². The zero-order valence-corrected chi connectivity index (χ0v) is 24.5. The summed E-state index contributed by atoms with van der Waals surface area (Å²) in [5.41, 5.74) is 8.05. The molecular weight excluding hydrogens is 592 g/mol. The van der Waals surface area contributed by atoms with Crippen molar-refractivity contribution in [2.24, 2.45) is 5.14 Å². The number of nitrogens with one attached hydrogen (secondary N) is 2. The molecule has 0 atom stereocenters. The molecule has 1 fully saturated rings. The predicted molar refractivity (Wildman–Crippen MR) is 160 cm³/mol. The average Bonchev–Trinajstić information content (AvgIpc) is 3.51. The van der Waals surface area contributed by atoms with E-state index in [0.29, 0.717) is 38.8 Å². The summed E-state index contributed by atoms with van der Waals surface area (Å²) in [4.78, 5) is 12.8. The van der Waals surface area contributed by atoms with Crippen molar-refractivity contribution in [3.63, 3.8) is 0 Å². The highest BCUT2D eigenvalue weighted by atomic mass is 79.9. The maximum atomic E-state index is 11.8. The van der Waals surface area contributed by atoms with Gasteiger partial charge in [-0.2, -0.15) is 0 Å². The molecule has 0 unspecified atom stereocenters. The SMILES string of the molecule is Cc1cc(-c2nc3c(Nc4cccc(S(N)(=O)=O)c4)c(Br)cnc3[nH]2)c(C)n1-c1ccc(C2CCOCC2)cc1. The summed E-state index contributed by atoms with van der Waals surface area (Å²) < 4.78 is 32.1. The fraction of sp³-hybridized carbons (Fsp3) is 0.241. The van der Waals surface area contributed by atoms with Crippen molar-refractivity contribution in [2.75, 3.05) is 18.5 Å². The molecule has 2 aromatic carbocycles. The smallest absolute Gasteiger partial charge is 0.238 e. The Labute approximate surface area is 241 Å². The van der Waals surface area contributed by atoms with Crippen LogP contribution in [0.5, 0.6) is 0 Å². The quantitative estimate of drug-likeness (QED) is 0.211. The number of primary sulfonamides is 1. The van der Waals surface area contributed by atoms with Gasteiger partial charge in [-0.1, -0.05) is 18.2 Å². The number of benzene rings is 2. The molecule has 11 heteroatoms. The second kappa shape index (κ2) is 10.5. The van der Waals surface area contributed by atoms with Gasteiger partial charge in [0.1, 0.15) is 11.3 Å². The number of aryl methyl sites for hydroxylation is 1. The maximum Gasteiger partial charge on any atom is 0.238 e. The van der Waals surface area contributed by atoms with Gasteiger partial charge in [0.05, 0.1) is 15.1 Å². The molecule has 4 N–H and O–H groups in total. The number of hydrogen-bond donors (Lipinski definition) is 3. The number of aromatic nitrogens is 4. The van der Waals surface area contributed by atoms with Crippen LogP contribution < -0.4 is 10.5 Å². The predicted octanol–water partition coefficient (Wildman–Crippen LogP) is 6.08. The lowest BCUT2D eigenvalue weighted by molar-refractivity contribution is 0.0853. The highest BCUT2D eigenvalue weighted by molar-refractivity contribution is 9.10. The van der Waals surface area contributed by atoms with E-state index < -0.39 is 10.0 Å². The fourth-order valence-corrected chi connectivity index (χ4v) is 6.35. The van der Waals surface area contributed by atoms with E-state index in [9.17, 15) is 8.42 Å². The first-order chi connectivity index (χ1) is 19.2. The van der Waals surface area contributed by atoms with E-state index in [2.05, 4.69) is 80.0 Å². The van der Waals surface area contributed by atoms with E-state index >= 15 is 0 Å². The first kappa shape index (κ1) is 26.7. The van der Waals surface area contributed by atoms with Crippen LogP contribution in [0.15, 0.2) is 70.2 Å². The molecule has 0 aliphatic carbocycles. The second-order valence-corrected chi connectivity index (χ2v) is 12.5. The third-order valence-corrected chi connectivity index (χ3v) is 8.94. The number of hydrogen-bond acceptors (Lipinski definition) is 6. The lowest BCUT2D eigenvalue weighted by Gasteiger charge is -2.22. The summed E-state index contributed by atoms with van der Waals surface area (Å²) in [7, 11) is -3.83. The normalized spacial score (nSPS) is 14.6. The Hall–Kier alpha value is -3.51.